The maximum absolute atomic E-state index is 11.3. The summed E-state index contributed by atoms with van der Waals surface area (Å²) in [5.41, 5.74) is 11.0. The van der Waals surface area contributed by atoms with Crippen molar-refractivity contribution in [3.63, 3.8) is 0 Å². The molecular formula is C28H34ClF3N8O3S. The van der Waals surface area contributed by atoms with Gasteiger partial charge in [-0.15, -0.1) is 16.4 Å². The Bertz CT molecular complexity index is 1610. The summed E-state index contributed by atoms with van der Waals surface area (Å²) in [6.07, 6.45) is -1.51. The number of nitrogens with one attached hydrogen (secondary N) is 1. The summed E-state index contributed by atoms with van der Waals surface area (Å²) in [6, 6.07) is 6.12. The van der Waals surface area contributed by atoms with Crippen LogP contribution in [0.2, 0.25) is 5.28 Å². The number of rotatable bonds is 8. The number of benzene rings is 1. The molecule has 1 aliphatic rings. The van der Waals surface area contributed by atoms with Crippen molar-refractivity contribution in [2.24, 2.45) is 5.92 Å². The summed E-state index contributed by atoms with van der Waals surface area (Å²) < 4.78 is 34.1. The lowest BCUT2D eigenvalue weighted by Gasteiger charge is -2.26. The number of nitrogen functional groups attached to an aromatic ring is 1. The van der Waals surface area contributed by atoms with Crippen LogP contribution < -0.4 is 11.1 Å². The zero-order chi connectivity index (χ0) is 32.2. The fourth-order valence-electron chi connectivity index (χ4n) is 5.13. The SMILES string of the molecule is CCN(CC)CCC1CCCc2ccc(Nc3nc(N)n(-c4nc(Cl)nc5c(C)csc45)n3)cc2C1O.O=C(O)C(F)(F)F. The third-order valence-electron chi connectivity index (χ3n) is 7.52. The van der Waals surface area contributed by atoms with Crippen molar-refractivity contribution >= 4 is 56.7 Å². The van der Waals surface area contributed by atoms with Gasteiger partial charge in [0.25, 0.3) is 0 Å². The molecule has 1 aliphatic carbocycles. The second kappa shape index (κ2) is 14.1. The molecule has 0 saturated carbocycles. The second-order valence-electron chi connectivity index (χ2n) is 10.4. The standard InChI is InChI=1S/C26H33ClN8OS.C2HF3O2/c1-4-34(5-2)12-11-17-8-6-7-16-9-10-18(13-19(16)21(17)36)29-26-32-25(28)35(33-26)23-22-20(15(3)14-37-22)30-24(27)31-23;3-2(4,5)1(6)7/h9-10,13-14,17,21,36H,4-8,11-12H2,1-3H3,(H3,28,29,32,33);(H,6,7). The summed E-state index contributed by atoms with van der Waals surface area (Å²) in [6.45, 7) is 9.42. The van der Waals surface area contributed by atoms with Crippen LogP contribution in [0.1, 0.15) is 55.9 Å². The molecule has 1 aromatic carbocycles. The van der Waals surface area contributed by atoms with Crippen molar-refractivity contribution in [2.75, 3.05) is 30.7 Å². The van der Waals surface area contributed by atoms with Crippen molar-refractivity contribution in [1.29, 1.82) is 0 Å². The largest absolute Gasteiger partial charge is 0.490 e. The molecule has 2 unspecified atom stereocenters. The quantitative estimate of drug-likeness (QED) is 0.133. The minimum atomic E-state index is -5.08. The first-order valence-corrected chi connectivity index (χ1v) is 15.3. The first-order chi connectivity index (χ1) is 20.8. The molecule has 4 aromatic rings. The number of thiophene rings is 1. The number of halogens is 4. The number of nitrogens with zero attached hydrogens (tertiary/aromatic N) is 6. The molecule has 238 valence electrons. The van der Waals surface area contributed by atoms with E-state index < -0.39 is 18.2 Å². The van der Waals surface area contributed by atoms with Crippen LogP contribution in [0.25, 0.3) is 16.0 Å². The predicted molar refractivity (Wildman–Crippen MR) is 164 cm³/mol. The van der Waals surface area contributed by atoms with Crippen molar-refractivity contribution in [2.45, 2.75) is 58.7 Å². The molecule has 3 heterocycles. The Balaban J connectivity index is 0.000000566. The number of carbonyl (C=O) groups is 1. The van der Waals surface area contributed by atoms with Gasteiger partial charge in [0.2, 0.25) is 17.2 Å². The van der Waals surface area contributed by atoms with Gasteiger partial charge in [0.15, 0.2) is 5.82 Å². The van der Waals surface area contributed by atoms with Gasteiger partial charge in [-0.25, -0.2) is 9.78 Å². The molecule has 0 fully saturated rings. The van der Waals surface area contributed by atoms with Gasteiger partial charge >= 0.3 is 12.1 Å². The van der Waals surface area contributed by atoms with E-state index in [1.54, 1.807) is 0 Å². The Hall–Kier alpha value is -3.53. The Morgan fingerprint density at radius 2 is 1.95 bits per heavy atom. The van der Waals surface area contributed by atoms with Crippen LogP contribution in [0.3, 0.4) is 0 Å². The highest BCUT2D eigenvalue weighted by Gasteiger charge is 2.38. The van der Waals surface area contributed by atoms with E-state index >= 15 is 0 Å². The Morgan fingerprint density at radius 1 is 1.25 bits per heavy atom. The second-order valence-corrected chi connectivity index (χ2v) is 11.6. The van der Waals surface area contributed by atoms with E-state index in [-0.39, 0.29) is 17.1 Å². The minimum Gasteiger partial charge on any atom is -0.475 e. The lowest BCUT2D eigenvalue weighted by Crippen LogP contribution is -2.27. The topological polar surface area (TPSA) is 155 Å². The average molecular weight is 655 g/mol. The lowest BCUT2D eigenvalue weighted by molar-refractivity contribution is -0.192. The Kier molecular flexibility index (Phi) is 10.7. The normalized spacial score (nSPS) is 16.8. The Labute approximate surface area is 260 Å². The van der Waals surface area contributed by atoms with Crippen LogP contribution in [0, 0.1) is 12.8 Å². The minimum absolute atomic E-state index is 0.128. The number of hydrogen-bond acceptors (Lipinski definition) is 10. The van der Waals surface area contributed by atoms with Crippen LogP contribution in [0.4, 0.5) is 30.8 Å². The highest BCUT2D eigenvalue weighted by Crippen LogP contribution is 2.37. The maximum Gasteiger partial charge on any atom is 0.490 e. The predicted octanol–water partition coefficient (Wildman–Crippen LogP) is 5.91. The fraction of sp³-hybridized carbons (Fsp3) is 0.464. The number of aliphatic carboxylic acids is 1. The van der Waals surface area contributed by atoms with Crippen molar-refractivity contribution < 1.29 is 28.2 Å². The number of carboxylic acid groups (broad SMARTS) is 1. The van der Waals surface area contributed by atoms with Crippen LogP contribution in [-0.2, 0) is 11.2 Å². The van der Waals surface area contributed by atoms with E-state index in [0.29, 0.717) is 11.8 Å². The van der Waals surface area contributed by atoms with E-state index in [0.717, 1.165) is 72.3 Å². The molecule has 0 saturated heterocycles. The summed E-state index contributed by atoms with van der Waals surface area (Å²) in [4.78, 5) is 24.4. The molecule has 0 aliphatic heterocycles. The van der Waals surface area contributed by atoms with Crippen molar-refractivity contribution in [1.82, 2.24) is 29.6 Å². The molecule has 0 radical (unpaired) electrons. The number of aryl methyl sites for hydroxylation is 2. The van der Waals surface area contributed by atoms with Crippen LogP contribution >= 0.6 is 22.9 Å². The third-order valence-corrected chi connectivity index (χ3v) is 8.77. The Morgan fingerprint density at radius 3 is 2.61 bits per heavy atom. The average Bonchev–Trinajstić information content (AvgIpc) is 3.48. The van der Waals surface area contributed by atoms with Gasteiger partial charge in [-0.3, -0.25) is 0 Å². The van der Waals surface area contributed by atoms with Gasteiger partial charge in [-0.05, 0) is 104 Å². The summed E-state index contributed by atoms with van der Waals surface area (Å²) in [5.74, 6) is -1.48. The molecule has 0 spiro atoms. The number of aromatic nitrogens is 5. The first kappa shape index (κ1) is 33.4. The monoisotopic (exact) mass is 654 g/mol. The van der Waals surface area contributed by atoms with Crippen molar-refractivity contribution in [3.05, 3.63) is 45.6 Å². The molecule has 0 bridgehead atoms. The number of hydrogen-bond donors (Lipinski definition) is 4. The molecule has 16 heteroatoms. The number of aliphatic hydroxyl groups is 1. The van der Waals surface area contributed by atoms with Crippen molar-refractivity contribution in [3.8, 4) is 5.82 Å². The van der Waals surface area contributed by atoms with Gasteiger partial charge in [0, 0.05) is 5.69 Å². The highest BCUT2D eigenvalue weighted by atomic mass is 35.5. The molecule has 5 rings (SSSR count). The zero-order valence-corrected chi connectivity index (χ0v) is 26.0. The third kappa shape index (κ3) is 7.75. The highest BCUT2D eigenvalue weighted by molar-refractivity contribution is 7.17. The summed E-state index contributed by atoms with van der Waals surface area (Å²) in [5, 5.41) is 28.4. The van der Waals surface area contributed by atoms with E-state index in [1.165, 1.54) is 21.6 Å². The molecule has 2 atom stereocenters. The molecule has 5 N–H and O–H groups in total. The number of anilines is 3. The molecule has 0 amide bonds. The van der Waals surface area contributed by atoms with Gasteiger partial charge in [-0.2, -0.15) is 27.8 Å². The van der Waals surface area contributed by atoms with Gasteiger partial charge in [0.05, 0.1) is 16.3 Å². The number of nitrogens with two attached hydrogens (primary N) is 1. The van der Waals surface area contributed by atoms with E-state index in [2.05, 4.69) is 50.2 Å². The fourth-order valence-corrected chi connectivity index (χ4v) is 6.26. The number of fused-ring (bicyclic) bond motifs is 2. The summed E-state index contributed by atoms with van der Waals surface area (Å²) >= 11 is 7.71. The van der Waals surface area contributed by atoms with Crippen LogP contribution in [-0.4, -0.2) is 71.6 Å². The van der Waals surface area contributed by atoms with Gasteiger partial charge < -0.3 is 26.2 Å². The molecule has 44 heavy (non-hydrogen) atoms. The van der Waals surface area contributed by atoms with Gasteiger partial charge in [-0.1, -0.05) is 19.9 Å². The van der Waals surface area contributed by atoms with Crippen LogP contribution in [0.15, 0.2) is 23.6 Å². The number of aliphatic hydroxyl groups excluding tert-OH is 1. The molecular weight excluding hydrogens is 621 g/mol. The van der Waals surface area contributed by atoms with Gasteiger partial charge in [0.1, 0.15) is 0 Å². The van der Waals surface area contributed by atoms with Crippen LogP contribution in [0.5, 0.6) is 0 Å². The number of carboxylic acids is 1. The maximum atomic E-state index is 11.3. The van der Waals surface area contributed by atoms with E-state index in [4.69, 9.17) is 27.2 Å². The summed E-state index contributed by atoms with van der Waals surface area (Å²) in [7, 11) is 0. The van der Waals surface area contributed by atoms with E-state index in [1.807, 2.05) is 24.4 Å². The molecule has 3 aromatic heterocycles. The van der Waals surface area contributed by atoms with E-state index in [9.17, 15) is 18.3 Å². The lowest BCUT2D eigenvalue weighted by atomic mass is 9.90. The number of alkyl halides is 3. The zero-order valence-electron chi connectivity index (χ0n) is 24.4. The smallest absolute Gasteiger partial charge is 0.475 e. The molecule has 11 nitrogen and oxygen atoms in total. The first-order valence-electron chi connectivity index (χ1n) is 14.1.